The average molecular weight is 455 g/mol. The first-order chi connectivity index (χ1) is 15.7. The van der Waals surface area contributed by atoms with Crippen molar-refractivity contribution in [3.63, 3.8) is 0 Å². The smallest absolute Gasteiger partial charge is 0.359 e. The van der Waals surface area contributed by atoms with Crippen LogP contribution in [0.2, 0.25) is 5.02 Å². The number of rotatable bonds is 5. The Morgan fingerprint density at radius 2 is 1.84 bits per heavy atom. The molecule has 5 rings (SSSR count). The molecule has 1 aromatic heterocycles. The first kappa shape index (κ1) is 21.1. The topological polar surface area (TPSA) is 81.9 Å². The number of hydrogen-bond donors (Lipinski definition) is 5. The molecule has 0 amide bonds. The van der Waals surface area contributed by atoms with Gasteiger partial charge in [0, 0.05) is 16.0 Å². The standard InChI is InChI=1S/C23H26ClN7O/c24-18-6-7-20-19(14-18)21(17-4-2-1-3-5-17)28-23(27-20)29-22-25-15-31(16-26-22)9-8-30-10-12-32-13-11-30/h1-7,14H,8-13,15-16H2,(H2,25,26,27,28,29)/p+3. The highest BCUT2D eigenvalue weighted by molar-refractivity contribution is 6.31. The predicted octanol–water partition coefficient (Wildman–Crippen LogP) is -1.88. The summed E-state index contributed by atoms with van der Waals surface area (Å²) < 4.78 is 5.45. The molecule has 1 saturated heterocycles. The highest BCUT2D eigenvalue weighted by Crippen LogP contribution is 2.29. The van der Waals surface area contributed by atoms with Gasteiger partial charge in [0.05, 0.1) is 24.4 Å². The lowest BCUT2D eigenvalue weighted by atomic mass is 10.1. The summed E-state index contributed by atoms with van der Waals surface area (Å²) in [5, 5.41) is 8.38. The molecule has 5 N–H and O–H groups in total. The van der Waals surface area contributed by atoms with Crippen molar-refractivity contribution in [1.29, 1.82) is 0 Å². The fraction of sp³-hybridized carbons (Fsp3) is 0.348. The lowest BCUT2D eigenvalue weighted by Gasteiger charge is -2.26. The second-order valence-electron chi connectivity index (χ2n) is 8.24. The molecular weight excluding hydrogens is 426 g/mol. The van der Waals surface area contributed by atoms with E-state index in [1.54, 1.807) is 4.90 Å². The molecule has 1 atom stereocenters. The molecule has 0 aliphatic carbocycles. The summed E-state index contributed by atoms with van der Waals surface area (Å²) in [5.74, 6) is 1.38. The van der Waals surface area contributed by atoms with Gasteiger partial charge in [-0.25, -0.2) is 15.6 Å². The third-order valence-electron chi connectivity index (χ3n) is 6.00. The lowest BCUT2D eigenvalue weighted by molar-refractivity contribution is -1.01. The zero-order chi connectivity index (χ0) is 21.8. The third kappa shape index (κ3) is 4.99. The normalized spacial score (nSPS) is 19.4. The molecule has 1 fully saturated rings. The molecule has 0 saturated carbocycles. The monoisotopic (exact) mass is 454 g/mol. The Morgan fingerprint density at radius 1 is 1.03 bits per heavy atom. The molecule has 2 aromatic carbocycles. The molecule has 32 heavy (non-hydrogen) atoms. The minimum absolute atomic E-state index is 0.551. The number of benzene rings is 2. The van der Waals surface area contributed by atoms with E-state index in [-0.39, 0.29) is 0 Å². The van der Waals surface area contributed by atoms with Gasteiger partial charge in [0.25, 0.3) is 5.95 Å². The quantitative estimate of drug-likeness (QED) is 0.312. The number of guanidine groups is 1. The van der Waals surface area contributed by atoms with Crippen molar-refractivity contribution in [2.45, 2.75) is 0 Å². The maximum Gasteiger partial charge on any atom is 0.359 e. The van der Waals surface area contributed by atoms with Crippen LogP contribution in [0.3, 0.4) is 0 Å². The van der Waals surface area contributed by atoms with Gasteiger partial charge < -0.3 is 9.64 Å². The summed E-state index contributed by atoms with van der Waals surface area (Å²) in [6, 6.07) is 15.8. The van der Waals surface area contributed by atoms with E-state index in [4.69, 9.17) is 26.3 Å². The summed E-state index contributed by atoms with van der Waals surface area (Å²) in [5.41, 5.74) is 2.74. The first-order valence-electron chi connectivity index (χ1n) is 11.1. The Labute approximate surface area is 192 Å². The SMILES string of the molecule is Clc1ccc2nc(NC3=[NH+]C[NH+](CC[NH+]4CCOCC4)CN3)nc(-c3ccccc3)c2c1. The number of nitrogens with zero attached hydrogens (tertiary/aromatic N) is 2. The molecule has 0 radical (unpaired) electrons. The van der Waals surface area contributed by atoms with E-state index in [1.165, 1.54) is 11.4 Å². The lowest BCUT2D eigenvalue weighted by Crippen LogP contribution is -3.27. The van der Waals surface area contributed by atoms with E-state index in [0.29, 0.717) is 11.0 Å². The van der Waals surface area contributed by atoms with E-state index in [1.807, 2.05) is 48.5 Å². The summed E-state index contributed by atoms with van der Waals surface area (Å²) in [6.07, 6.45) is 0. The molecule has 3 aromatic rings. The zero-order valence-corrected chi connectivity index (χ0v) is 18.7. The van der Waals surface area contributed by atoms with Crippen LogP contribution in [0.5, 0.6) is 0 Å². The molecular formula is C23H29ClN7O+3. The first-order valence-corrected chi connectivity index (χ1v) is 11.5. The Hall–Kier alpha value is -2.78. The maximum absolute atomic E-state index is 6.26. The fourth-order valence-electron chi connectivity index (χ4n) is 4.16. The van der Waals surface area contributed by atoms with Gasteiger partial charge >= 0.3 is 5.96 Å². The van der Waals surface area contributed by atoms with Gasteiger partial charge in [0.2, 0.25) is 0 Å². The van der Waals surface area contributed by atoms with Crippen LogP contribution < -0.4 is 25.4 Å². The second kappa shape index (κ2) is 9.79. The van der Waals surface area contributed by atoms with Crippen LogP contribution >= 0.6 is 11.6 Å². The van der Waals surface area contributed by atoms with Crippen molar-refractivity contribution in [2.24, 2.45) is 0 Å². The number of hydrogen-bond acceptors (Lipinski definition) is 5. The molecule has 8 nitrogen and oxygen atoms in total. The number of anilines is 1. The van der Waals surface area contributed by atoms with Crippen molar-refractivity contribution in [1.82, 2.24) is 15.3 Å². The van der Waals surface area contributed by atoms with Gasteiger partial charge in [-0.3, -0.25) is 4.90 Å². The summed E-state index contributed by atoms with van der Waals surface area (Å²) in [6.45, 7) is 7.98. The molecule has 2 aliphatic heterocycles. The highest BCUT2D eigenvalue weighted by Gasteiger charge is 2.23. The van der Waals surface area contributed by atoms with Crippen LogP contribution in [0.1, 0.15) is 0 Å². The molecule has 3 heterocycles. The van der Waals surface area contributed by atoms with Gasteiger partial charge in [-0.2, -0.15) is 9.97 Å². The number of halogens is 1. The van der Waals surface area contributed by atoms with E-state index >= 15 is 0 Å². The number of morpholine rings is 1. The number of quaternary nitrogens is 2. The summed E-state index contributed by atoms with van der Waals surface area (Å²) in [4.78, 5) is 16.1. The van der Waals surface area contributed by atoms with Gasteiger partial charge in [-0.15, -0.1) is 0 Å². The van der Waals surface area contributed by atoms with E-state index in [9.17, 15) is 0 Å². The Morgan fingerprint density at radius 3 is 2.62 bits per heavy atom. The predicted molar refractivity (Wildman–Crippen MR) is 125 cm³/mol. The third-order valence-corrected chi connectivity index (χ3v) is 6.24. The number of fused-ring (bicyclic) bond motifs is 1. The van der Waals surface area contributed by atoms with E-state index in [2.05, 4.69) is 15.6 Å². The van der Waals surface area contributed by atoms with Crippen LogP contribution in [0, 0.1) is 0 Å². The van der Waals surface area contributed by atoms with E-state index < -0.39 is 0 Å². The largest absolute Gasteiger partial charge is 0.370 e. The fourth-order valence-corrected chi connectivity index (χ4v) is 4.34. The molecule has 0 spiro atoms. The van der Waals surface area contributed by atoms with Crippen molar-refractivity contribution in [3.05, 3.63) is 53.6 Å². The van der Waals surface area contributed by atoms with Crippen molar-refractivity contribution < 1.29 is 19.5 Å². The average Bonchev–Trinajstić information content (AvgIpc) is 2.84. The molecule has 1 unspecified atom stereocenters. The number of ether oxygens (including phenoxy) is 1. The summed E-state index contributed by atoms with van der Waals surface area (Å²) >= 11 is 6.26. The van der Waals surface area contributed by atoms with Crippen LogP contribution in [0.4, 0.5) is 5.95 Å². The molecule has 166 valence electrons. The van der Waals surface area contributed by atoms with Crippen LogP contribution in [0.25, 0.3) is 22.2 Å². The van der Waals surface area contributed by atoms with E-state index in [0.717, 1.165) is 74.3 Å². The van der Waals surface area contributed by atoms with Crippen molar-refractivity contribution in [3.8, 4) is 11.3 Å². The van der Waals surface area contributed by atoms with Gasteiger partial charge in [-0.1, -0.05) is 41.9 Å². The molecule has 0 bridgehead atoms. The Kier molecular flexibility index (Phi) is 6.45. The van der Waals surface area contributed by atoms with Crippen LogP contribution in [0.15, 0.2) is 48.5 Å². The Bertz CT molecular complexity index is 1100. The molecule has 2 aliphatic rings. The van der Waals surface area contributed by atoms with Gasteiger partial charge in [0.1, 0.15) is 26.2 Å². The van der Waals surface area contributed by atoms with Gasteiger partial charge in [0.15, 0.2) is 13.3 Å². The van der Waals surface area contributed by atoms with Crippen molar-refractivity contribution >= 4 is 34.4 Å². The minimum atomic E-state index is 0.551. The van der Waals surface area contributed by atoms with Crippen LogP contribution in [-0.4, -0.2) is 68.7 Å². The summed E-state index contributed by atoms with van der Waals surface area (Å²) in [7, 11) is 0. The van der Waals surface area contributed by atoms with Crippen LogP contribution in [-0.2, 0) is 4.74 Å². The zero-order valence-electron chi connectivity index (χ0n) is 18.0. The molecule has 9 heteroatoms. The number of aromatic nitrogens is 2. The highest BCUT2D eigenvalue weighted by atomic mass is 35.5. The Balaban J connectivity index is 1.30. The second-order valence-corrected chi connectivity index (χ2v) is 8.68. The maximum atomic E-state index is 6.26. The number of nitrogens with one attached hydrogen (secondary N) is 5. The van der Waals surface area contributed by atoms with Gasteiger partial charge in [-0.05, 0) is 18.2 Å². The van der Waals surface area contributed by atoms with Crippen molar-refractivity contribution in [2.75, 3.05) is 58.0 Å². The minimum Gasteiger partial charge on any atom is -0.370 e.